The summed E-state index contributed by atoms with van der Waals surface area (Å²) >= 11 is 0. The van der Waals surface area contributed by atoms with E-state index in [9.17, 15) is 4.79 Å². The standard InChI is InChI=1S/C13H19N3O2/c1-9-8-11(12(17)18)16-13(15-9)14-7-6-10-4-2-3-5-10/h8,10H,2-7H2,1H3,(H,17,18)(H,14,15,16). The van der Waals surface area contributed by atoms with E-state index in [0.29, 0.717) is 11.6 Å². The van der Waals surface area contributed by atoms with Gasteiger partial charge in [0.25, 0.3) is 0 Å². The topological polar surface area (TPSA) is 75.1 Å². The van der Waals surface area contributed by atoms with E-state index in [0.717, 1.165) is 18.9 Å². The van der Waals surface area contributed by atoms with Gasteiger partial charge in [0, 0.05) is 12.2 Å². The molecule has 0 radical (unpaired) electrons. The summed E-state index contributed by atoms with van der Waals surface area (Å²) in [5, 5.41) is 12.0. The normalized spacial score (nSPS) is 15.8. The molecule has 1 aliphatic rings. The van der Waals surface area contributed by atoms with Gasteiger partial charge in [0.15, 0.2) is 5.69 Å². The fourth-order valence-corrected chi connectivity index (χ4v) is 2.44. The summed E-state index contributed by atoms with van der Waals surface area (Å²) in [4.78, 5) is 19.0. The van der Waals surface area contributed by atoms with E-state index in [-0.39, 0.29) is 5.69 Å². The van der Waals surface area contributed by atoms with Gasteiger partial charge in [-0.05, 0) is 25.3 Å². The van der Waals surface area contributed by atoms with Gasteiger partial charge in [-0.25, -0.2) is 14.8 Å². The van der Waals surface area contributed by atoms with Crippen LogP contribution in [0.15, 0.2) is 6.07 Å². The van der Waals surface area contributed by atoms with Crippen LogP contribution in [0.1, 0.15) is 48.3 Å². The molecule has 1 saturated carbocycles. The van der Waals surface area contributed by atoms with Crippen molar-refractivity contribution in [2.75, 3.05) is 11.9 Å². The average molecular weight is 249 g/mol. The number of carboxylic acids is 1. The molecule has 98 valence electrons. The first-order valence-electron chi connectivity index (χ1n) is 6.48. The third-order valence-corrected chi connectivity index (χ3v) is 3.38. The molecule has 1 heterocycles. The van der Waals surface area contributed by atoms with E-state index >= 15 is 0 Å². The summed E-state index contributed by atoms with van der Waals surface area (Å²) in [6.07, 6.45) is 6.43. The third-order valence-electron chi connectivity index (χ3n) is 3.38. The summed E-state index contributed by atoms with van der Waals surface area (Å²) in [6.45, 7) is 2.59. The van der Waals surface area contributed by atoms with Gasteiger partial charge in [0.1, 0.15) is 0 Å². The summed E-state index contributed by atoms with van der Waals surface area (Å²) < 4.78 is 0. The Morgan fingerprint density at radius 3 is 2.83 bits per heavy atom. The Morgan fingerprint density at radius 1 is 1.44 bits per heavy atom. The Bertz CT molecular complexity index is 428. The molecule has 5 heteroatoms. The highest BCUT2D eigenvalue weighted by Crippen LogP contribution is 2.27. The molecule has 2 rings (SSSR count). The Hall–Kier alpha value is -1.65. The number of rotatable bonds is 5. The van der Waals surface area contributed by atoms with Gasteiger partial charge in [0.05, 0.1) is 0 Å². The zero-order valence-electron chi connectivity index (χ0n) is 10.6. The number of anilines is 1. The second-order valence-corrected chi connectivity index (χ2v) is 4.89. The molecule has 0 spiro atoms. The zero-order chi connectivity index (χ0) is 13.0. The van der Waals surface area contributed by atoms with Crippen LogP contribution >= 0.6 is 0 Å². The molecule has 2 N–H and O–H groups in total. The van der Waals surface area contributed by atoms with Crippen LogP contribution in [0.3, 0.4) is 0 Å². The molecule has 1 fully saturated rings. The van der Waals surface area contributed by atoms with Crippen LogP contribution in [0.25, 0.3) is 0 Å². The zero-order valence-corrected chi connectivity index (χ0v) is 10.6. The maximum Gasteiger partial charge on any atom is 0.354 e. The SMILES string of the molecule is Cc1cc(C(=O)O)nc(NCCC2CCCC2)n1. The molecule has 1 aromatic rings. The van der Waals surface area contributed by atoms with Crippen molar-refractivity contribution in [2.24, 2.45) is 5.92 Å². The molecule has 1 aliphatic carbocycles. The van der Waals surface area contributed by atoms with Gasteiger partial charge in [0.2, 0.25) is 5.95 Å². The lowest BCUT2D eigenvalue weighted by atomic mass is 10.0. The number of carboxylic acid groups (broad SMARTS) is 1. The van der Waals surface area contributed by atoms with Crippen LogP contribution in [-0.4, -0.2) is 27.6 Å². The van der Waals surface area contributed by atoms with Crippen molar-refractivity contribution in [2.45, 2.75) is 39.0 Å². The number of hydrogen-bond donors (Lipinski definition) is 2. The molecule has 0 aliphatic heterocycles. The number of aromatic nitrogens is 2. The number of aromatic carboxylic acids is 1. The molecule has 0 unspecified atom stereocenters. The van der Waals surface area contributed by atoms with E-state index < -0.39 is 5.97 Å². The first kappa shape index (κ1) is 12.8. The fraction of sp³-hybridized carbons (Fsp3) is 0.615. The van der Waals surface area contributed by atoms with Crippen molar-refractivity contribution in [3.05, 3.63) is 17.5 Å². The van der Waals surface area contributed by atoms with Crippen molar-refractivity contribution in [1.82, 2.24) is 9.97 Å². The van der Waals surface area contributed by atoms with E-state index in [1.807, 2.05) is 0 Å². The van der Waals surface area contributed by atoms with Gasteiger partial charge in [-0.1, -0.05) is 25.7 Å². The lowest BCUT2D eigenvalue weighted by molar-refractivity contribution is 0.0690. The first-order chi connectivity index (χ1) is 8.65. The predicted octanol–water partition coefficient (Wildman–Crippen LogP) is 2.48. The van der Waals surface area contributed by atoms with Crippen molar-refractivity contribution in [1.29, 1.82) is 0 Å². The molecule has 0 aromatic carbocycles. The molecule has 0 saturated heterocycles. The van der Waals surface area contributed by atoms with Crippen LogP contribution in [0.2, 0.25) is 0 Å². The lowest BCUT2D eigenvalue weighted by Crippen LogP contribution is -2.12. The number of hydrogen-bond acceptors (Lipinski definition) is 4. The van der Waals surface area contributed by atoms with Crippen LogP contribution in [0.5, 0.6) is 0 Å². The molecule has 0 bridgehead atoms. The molecule has 0 atom stereocenters. The largest absolute Gasteiger partial charge is 0.477 e. The smallest absolute Gasteiger partial charge is 0.354 e. The van der Waals surface area contributed by atoms with E-state index in [1.165, 1.54) is 31.7 Å². The van der Waals surface area contributed by atoms with Crippen LogP contribution in [0.4, 0.5) is 5.95 Å². The van der Waals surface area contributed by atoms with E-state index in [2.05, 4.69) is 15.3 Å². The molecule has 18 heavy (non-hydrogen) atoms. The van der Waals surface area contributed by atoms with Crippen LogP contribution < -0.4 is 5.32 Å². The van der Waals surface area contributed by atoms with Gasteiger partial charge in [-0.3, -0.25) is 0 Å². The molecule has 0 amide bonds. The Morgan fingerprint density at radius 2 is 2.17 bits per heavy atom. The second kappa shape index (κ2) is 5.80. The van der Waals surface area contributed by atoms with E-state index in [4.69, 9.17) is 5.11 Å². The summed E-state index contributed by atoms with van der Waals surface area (Å²) in [6, 6.07) is 1.48. The highest BCUT2D eigenvalue weighted by atomic mass is 16.4. The van der Waals surface area contributed by atoms with E-state index in [1.54, 1.807) is 6.92 Å². The highest BCUT2D eigenvalue weighted by molar-refractivity contribution is 5.85. The lowest BCUT2D eigenvalue weighted by Gasteiger charge is -2.10. The second-order valence-electron chi connectivity index (χ2n) is 4.89. The van der Waals surface area contributed by atoms with Gasteiger partial charge in [-0.2, -0.15) is 0 Å². The highest BCUT2D eigenvalue weighted by Gasteiger charge is 2.14. The van der Waals surface area contributed by atoms with Gasteiger partial charge in [-0.15, -0.1) is 0 Å². The summed E-state index contributed by atoms with van der Waals surface area (Å²) in [7, 11) is 0. The quantitative estimate of drug-likeness (QED) is 0.838. The minimum Gasteiger partial charge on any atom is -0.477 e. The average Bonchev–Trinajstić information content (AvgIpc) is 2.81. The summed E-state index contributed by atoms with van der Waals surface area (Å²) in [5.74, 6) is 0.214. The minimum atomic E-state index is -1.01. The van der Waals surface area contributed by atoms with Crippen molar-refractivity contribution in [3.8, 4) is 0 Å². The Kier molecular flexibility index (Phi) is 4.12. The number of aryl methyl sites for hydroxylation is 1. The van der Waals surface area contributed by atoms with Crippen molar-refractivity contribution < 1.29 is 9.90 Å². The minimum absolute atomic E-state index is 0.0471. The van der Waals surface area contributed by atoms with Crippen LogP contribution in [-0.2, 0) is 0 Å². The maximum atomic E-state index is 10.9. The monoisotopic (exact) mass is 249 g/mol. The fourth-order valence-electron chi connectivity index (χ4n) is 2.44. The Labute approximate surface area is 107 Å². The maximum absolute atomic E-state index is 10.9. The third kappa shape index (κ3) is 3.42. The molecule has 1 aromatic heterocycles. The van der Waals surface area contributed by atoms with Gasteiger partial charge < -0.3 is 10.4 Å². The molecular weight excluding hydrogens is 230 g/mol. The number of carbonyl (C=O) groups is 1. The van der Waals surface area contributed by atoms with Crippen LogP contribution in [0, 0.1) is 12.8 Å². The number of nitrogens with zero attached hydrogens (tertiary/aromatic N) is 2. The Balaban J connectivity index is 1.89. The molecular formula is C13H19N3O2. The van der Waals surface area contributed by atoms with Crippen molar-refractivity contribution in [3.63, 3.8) is 0 Å². The van der Waals surface area contributed by atoms with Crippen molar-refractivity contribution >= 4 is 11.9 Å². The summed E-state index contributed by atoms with van der Waals surface area (Å²) in [5.41, 5.74) is 0.719. The first-order valence-corrected chi connectivity index (χ1v) is 6.48. The predicted molar refractivity (Wildman–Crippen MR) is 68.8 cm³/mol. The van der Waals surface area contributed by atoms with Gasteiger partial charge >= 0.3 is 5.97 Å². The molecule has 5 nitrogen and oxygen atoms in total. The number of nitrogens with one attached hydrogen (secondary N) is 1.